The molecule has 0 bridgehead atoms. The van der Waals surface area contributed by atoms with Crippen molar-refractivity contribution < 1.29 is 14.0 Å². The number of hydrogen-bond donors (Lipinski definition) is 1. The number of carbonyl (C=O) groups excluding carboxylic acids is 2. The second-order valence-electron chi connectivity index (χ2n) is 6.13. The van der Waals surface area contributed by atoms with E-state index in [1.165, 1.54) is 6.07 Å². The number of amides is 2. The summed E-state index contributed by atoms with van der Waals surface area (Å²) < 4.78 is 13.7. The summed E-state index contributed by atoms with van der Waals surface area (Å²) in [7, 11) is 0. The average molecular weight is 341 g/mol. The predicted octanol–water partition coefficient (Wildman–Crippen LogP) is 1.93. The molecular weight excluding hydrogens is 321 g/mol. The van der Waals surface area contributed by atoms with Crippen LogP contribution in [-0.4, -0.2) is 34.8 Å². The number of nitrogens with one attached hydrogen (secondary N) is 1. The first-order valence-corrected chi connectivity index (χ1v) is 8.32. The van der Waals surface area contributed by atoms with Crippen LogP contribution in [0.15, 0.2) is 48.7 Å². The molecule has 1 fully saturated rings. The van der Waals surface area contributed by atoms with Crippen LogP contribution in [0.4, 0.5) is 4.39 Å². The fraction of sp³-hybridized carbons (Fsp3) is 0.316. The molecule has 1 aromatic heterocycles. The Morgan fingerprint density at radius 2 is 2.04 bits per heavy atom. The van der Waals surface area contributed by atoms with E-state index >= 15 is 0 Å². The average Bonchev–Trinajstić information content (AvgIpc) is 2.99. The van der Waals surface area contributed by atoms with Gasteiger partial charge >= 0.3 is 0 Å². The summed E-state index contributed by atoms with van der Waals surface area (Å²) >= 11 is 0. The van der Waals surface area contributed by atoms with Crippen LogP contribution in [0.25, 0.3) is 0 Å². The maximum atomic E-state index is 13.7. The van der Waals surface area contributed by atoms with Gasteiger partial charge in [0.25, 0.3) is 0 Å². The predicted molar refractivity (Wildman–Crippen MR) is 90.9 cm³/mol. The Balaban J connectivity index is 1.50. The Morgan fingerprint density at radius 3 is 2.80 bits per heavy atom. The first-order valence-electron chi connectivity index (χ1n) is 8.32. The van der Waals surface area contributed by atoms with Gasteiger partial charge < -0.3 is 10.2 Å². The second-order valence-corrected chi connectivity index (χ2v) is 6.13. The first-order chi connectivity index (χ1) is 12.1. The van der Waals surface area contributed by atoms with E-state index in [4.69, 9.17) is 0 Å². The molecule has 0 radical (unpaired) electrons. The lowest BCUT2D eigenvalue weighted by molar-refractivity contribution is -0.129. The van der Waals surface area contributed by atoms with Gasteiger partial charge in [0.05, 0.1) is 5.92 Å². The van der Waals surface area contributed by atoms with Gasteiger partial charge in [-0.05, 0) is 18.2 Å². The molecule has 1 saturated heterocycles. The molecule has 0 saturated carbocycles. The number of hydrogen-bond acceptors (Lipinski definition) is 3. The number of nitrogens with zero attached hydrogens (tertiary/aromatic N) is 2. The highest BCUT2D eigenvalue weighted by Crippen LogP contribution is 2.21. The van der Waals surface area contributed by atoms with Crippen molar-refractivity contribution in [1.29, 1.82) is 0 Å². The highest BCUT2D eigenvalue weighted by atomic mass is 19.1. The van der Waals surface area contributed by atoms with Crippen LogP contribution in [-0.2, 0) is 22.6 Å². The van der Waals surface area contributed by atoms with Crippen LogP contribution in [0, 0.1) is 11.7 Å². The summed E-state index contributed by atoms with van der Waals surface area (Å²) in [4.78, 5) is 30.1. The van der Waals surface area contributed by atoms with Gasteiger partial charge in [0.1, 0.15) is 5.82 Å². The van der Waals surface area contributed by atoms with E-state index in [1.807, 2.05) is 18.2 Å². The third-order valence-corrected chi connectivity index (χ3v) is 4.31. The summed E-state index contributed by atoms with van der Waals surface area (Å²) in [5, 5.41) is 2.86. The maximum Gasteiger partial charge on any atom is 0.225 e. The number of likely N-dealkylation sites (tertiary alicyclic amines) is 1. The summed E-state index contributed by atoms with van der Waals surface area (Å²) in [6.45, 7) is 1.000. The number of pyridine rings is 1. The van der Waals surface area contributed by atoms with Gasteiger partial charge in [-0.25, -0.2) is 4.39 Å². The molecule has 6 heteroatoms. The summed E-state index contributed by atoms with van der Waals surface area (Å²) in [5.41, 5.74) is 1.37. The summed E-state index contributed by atoms with van der Waals surface area (Å²) in [6, 6.07) is 12.0. The van der Waals surface area contributed by atoms with E-state index in [1.54, 1.807) is 29.3 Å². The monoisotopic (exact) mass is 341 g/mol. The van der Waals surface area contributed by atoms with Gasteiger partial charge in [0.15, 0.2) is 0 Å². The van der Waals surface area contributed by atoms with Crippen molar-refractivity contribution in [2.75, 3.05) is 13.1 Å². The van der Waals surface area contributed by atoms with Gasteiger partial charge in [-0.2, -0.15) is 0 Å². The van der Waals surface area contributed by atoms with Crippen molar-refractivity contribution in [2.24, 2.45) is 5.92 Å². The van der Waals surface area contributed by atoms with E-state index in [0.29, 0.717) is 25.1 Å². The second kappa shape index (κ2) is 7.88. The van der Waals surface area contributed by atoms with Crippen LogP contribution in [0.3, 0.4) is 0 Å². The molecule has 5 nitrogen and oxygen atoms in total. The molecule has 0 spiro atoms. The van der Waals surface area contributed by atoms with Crippen molar-refractivity contribution in [2.45, 2.75) is 19.4 Å². The Bertz CT molecular complexity index is 751. The zero-order chi connectivity index (χ0) is 17.6. The number of rotatable bonds is 6. The van der Waals surface area contributed by atoms with Crippen LogP contribution >= 0.6 is 0 Å². The Morgan fingerprint density at radius 1 is 1.24 bits per heavy atom. The molecule has 1 aliphatic heterocycles. The normalized spacial score (nSPS) is 16.9. The molecule has 2 heterocycles. The molecule has 1 unspecified atom stereocenters. The van der Waals surface area contributed by atoms with E-state index in [9.17, 15) is 14.0 Å². The fourth-order valence-corrected chi connectivity index (χ4v) is 2.94. The topological polar surface area (TPSA) is 62.3 Å². The van der Waals surface area contributed by atoms with E-state index in [-0.39, 0.29) is 36.5 Å². The molecule has 1 N–H and O–H groups in total. The maximum absolute atomic E-state index is 13.7. The van der Waals surface area contributed by atoms with Gasteiger partial charge in [0.2, 0.25) is 11.8 Å². The van der Waals surface area contributed by atoms with E-state index in [0.717, 1.165) is 5.69 Å². The highest BCUT2D eigenvalue weighted by Gasteiger charge is 2.34. The van der Waals surface area contributed by atoms with Crippen molar-refractivity contribution in [3.63, 3.8) is 0 Å². The number of benzene rings is 1. The molecule has 3 rings (SSSR count). The third-order valence-electron chi connectivity index (χ3n) is 4.31. The quantitative estimate of drug-likeness (QED) is 0.873. The fourth-order valence-electron chi connectivity index (χ4n) is 2.94. The molecular formula is C19H20FN3O2. The third kappa shape index (κ3) is 4.41. The molecule has 25 heavy (non-hydrogen) atoms. The molecule has 2 amide bonds. The van der Waals surface area contributed by atoms with Crippen molar-refractivity contribution in [3.8, 4) is 0 Å². The lowest BCUT2D eigenvalue weighted by Crippen LogP contribution is -2.34. The van der Waals surface area contributed by atoms with Gasteiger partial charge in [0, 0.05) is 49.9 Å². The van der Waals surface area contributed by atoms with Crippen LogP contribution in [0.1, 0.15) is 17.7 Å². The van der Waals surface area contributed by atoms with Gasteiger partial charge in [-0.15, -0.1) is 0 Å². The smallest absolute Gasteiger partial charge is 0.225 e. The minimum absolute atomic E-state index is 0.117. The molecule has 2 aromatic rings. The zero-order valence-corrected chi connectivity index (χ0v) is 13.8. The highest BCUT2D eigenvalue weighted by molar-refractivity contribution is 5.89. The van der Waals surface area contributed by atoms with E-state index < -0.39 is 0 Å². The van der Waals surface area contributed by atoms with Crippen molar-refractivity contribution in [1.82, 2.24) is 15.2 Å². The Labute approximate surface area is 145 Å². The Hall–Kier alpha value is -2.76. The standard InChI is InChI=1S/C19H20FN3O2/c20-17-7-2-1-5-14(17)12-23-13-15(11-18(23)24)19(25)22-10-8-16-6-3-4-9-21-16/h1-7,9,15H,8,10-13H2,(H,22,25). The molecule has 0 aliphatic carbocycles. The molecule has 1 aliphatic rings. The SMILES string of the molecule is O=C(NCCc1ccccn1)C1CC(=O)N(Cc2ccccc2F)C1. The van der Waals surface area contributed by atoms with E-state index in [2.05, 4.69) is 10.3 Å². The number of carbonyl (C=O) groups is 2. The van der Waals surface area contributed by atoms with Crippen LogP contribution in [0.5, 0.6) is 0 Å². The van der Waals surface area contributed by atoms with Crippen LogP contribution in [0.2, 0.25) is 0 Å². The largest absolute Gasteiger partial charge is 0.355 e. The van der Waals surface area contributed by atoms with Crippen molar-refractivity contribution >= 4 is 11.8 Å². The Kier molecular flexibility index (Phi) is 5.38. The zero-order valence-electron chi connectivity index (χ0n) is 13.8. The summed E-state index contributed by atoms with van der Waals surface area (Å²) in [5.74, 6) is -0.977. The van der Waals surface area contributed by atoms with Crippen molar-refractivity contribution in [3.05, 3.63) is 65.7 Å². The first kappa shape index (κ1) is 17.1. The minimum atomic E-state index is -0.386. The number of halogens is 1. The van der Waals surface area contributed by atoms with Gasteiger partial charge in [-0.1, -0.05) is 24.3 Å². The minimum Gasteiger partial charge on any atom is -0.355 e. The lowest BCUT2D eigenvalue weighted by Gasteiger charge is -2.17. The molecule has 130 valence electrons. The molecule has 1 atom stereocenters. The van der Waals surface area contributed by atoms with Gasteiger partial charge in [-0.3, -0.25) is 14.6 Å². The molecule has 1 aromatic carbocycles. The van der Waals surface area contributed by atoms with Crippen LogP contribution < -0.4 is 5.32 Å². The lowest BCUT2D eigenvalue weighted by atomic mass is 10.1. The number of aromatic nitrogens is 1. The summed E-state index contributed by atoms with van der Waals surface area (Å²) in [6.07, 6.45) is 2.53.